The molecule has 1 aromatic carbocycles. The minimum Gasteiger partial charge on any atom is -0.507 e. The number of hydrogen-bond acceptors (Lipinski definition) is 6. The summed E-state index contributed by atoms with van der Waals surface area (Å²) < 4.78 is 0. The van der Waals surface area contributed by atoms with Gasteiger partial charge >= 0.3 is 0 Å². The zero-order chi connectivity index (χ0) is 25.5. The molecule has 182 valence electrons. The number of phenolic OH excluding ortho intramolecular Hbond substituents is 1. The molecule has 0 spiro atoms. The van der Waals surface area contributed by atoms with Crippen molar-refractivity contribution in [1.29, 1.82) is 0 Å². The Hall–Kier alpha value is -2.60. The monoisotopic (exact) mass is 466 g/mol. The maximum atomic E-state index is 14.2. The lowest BCUT2D eigenvalue weighted by molar-refractivity contribution is -0.192. The molecule has 1 saturated carbocycles. The van der Waals surface area contributed by atoms with Crippen LogP contribution in [-0.2, 0) is 27.2 Å². The zero-order valence-corrected chi connectivity index (χ0v) is 21.0. The number of aryl methyl sites for hydroxylation is 1. The molecule has 0 heterocycles. The lowest BCUT2D eigenvalue weighted by Gasteiger charge is -2.61. The molecule has 0 bridgehead atoms. The Morgan fingerprint density at radius 2 is 1.79 bits per heavy atom. The number of Topliss-reactive ketones (excluding diaryl/α,β-unsaturated/α-hetero) is 4. The maximum absolute atomic E-state index is 14.2. The fraction of sp³-hybridized carbons (Fsp3) is 0.571. The van der Waals surface area contributed by atoms with Crippen LogP contribution in [0.3, 0.4) is 0 Å². The number of ketones is 4. The van der Waals surface area contributed by atoms with Gasteiger partial charge in [-0.1, -0.05) is 52.3 Å². The standard InChI is InChI=1S/C28H34O6/c1-8-16-9-10-17-11-26(6)12-27(7)20(13(2)3)14(4)18(15(5)29)24(32)28(27,34)25(33)21(26)23(31)19(17)22(16)30/h9-10,13,20-21,30,34H,8,11-12H2,1-7H3/t20-,21?,26+,27+,28-/m1/s1. The molecule has 3 aliphatic rings. The summed E-state index contributed by atoms with van der Waals surface area (Å²) in [5.41, 5.74) is -2.65. The average molecular weight is 467 g/mol. The molecule has 2 N–H and O–H groups in total. The summed E-state index contributed by atoms with van der Waals surface area (Å²) in [6.45, 7) is 12.4. The molecular formula is C28H34O6. The van der Waals surface area contributed by atoms with E-state index in [0.29, 0.717) is 29.5 Å². The zero-order valence-electron chi connectivity index (χ0n) is 21.0. The first-order valence-electron chi connectivity index (χ1n) is 12.1. The first-order chi connectivity index (χ1) is 15.7. The number of carbonyl (C=O) groups is 4. The van der Waals surface area contributed by atoms with E-state index in [-0.39, 0.29) is 29.2 Å². The van der Waals surface area contributed by atoms with Crippen molar-refractivity contribution in [2.75, 3.05) is 0 Å². The fourth-order valence-electron chi connectivity index (χ4n) is 7.81. The van der Waals surface area contributed by atoms with Crippen molar-refractivity contribution < 1.29 is 29.4 Å². The van der Waals surface area contributed by atoms with E-state index >= 15 is 0 Å². The number of phenols is 1. The van der Waals surface area contributed by atoms with Crippen molar-refractivity contribution >= 4 is 23.1 Å². The second kappa shape index (κ2) is 7.45. The number of fused-ring (bicyclic) bond motifs is 3. The van der Waals surface area contributed by atoms with E-state index in [0.717, 1.165) is 0 Å². The van der Waals surface area contributed by atoms with Gasteiger partial charge in [0.05, 0.1) is 17.1 Å². The highest BCUT2D eigenvalue weighted by atomic mass is 16.3. The lowest BCUT2D eigenvalue weighted by atomic mass is 9.40. The first kappa shape index (κ1) is 24.5. The SMILES string of the molecule is CCc1ccc2c(c1O)C(=O)C1C(=O)[C@]3(O)C(=O)C(C(C)=O)=C(C)[C@@H](C(C)C)[C@]3(C)C[C@]1(C)C2. The van der Waals surface area contributed by atoms with Crippen molar-refractivity contribution in [3.05, 3.63) is 40.0 Å². The van der Waals surface area contributed by atoms with Crippen LogP contribution in [0.2, 0.25) is 0 Å². The van der Waals surface area contributed by atoms with E-state index in [1.54, 1.807) is 19.9 Å². The molecule has 0 aromatic heterocycles. The summed E-state index contributed by atoms with van der Waals surface area (Å²) in [6.07, 6.45) is 1.14. The van der Waals surface area contributed by atoms with Crippen LogP contribution in [0.4, 0.5) is 0 Å². The molecule has 0 amide bonds. The topological polar surface area (TPSA) is 109 Å². The van der Waals surface area contributed by atoms with Gasteiger partial charge in [-0.2, -0.15) is 0 Å². The van der Waals surface area contributed by atoms with E-state index in [2.05, 4.69) is 0 Å². The fourth-order valence-corrected chi connectivity index (χ4v) is 7.81. The van der Waals surface area contributed by atoms with Crippen molar-refractivity contribution in [3.63, 3.8) is 0 Å². The molecule has 1 aromatic rings. The summed E-state index contributed by atoms with van der Waals surface area (Å²) in [6, 6.07) is 3.65. The van der Waals surface area contributed by atoms with Crippen LogP contribution in [0.25, 0.3) is 0 Å². The van der Waals surface area contributed by atoms with E-state index in [9.17, 15) is 29.4 Å². The third-order valence-electron chi connectivity index (χ3n) is 8.87. The van der Waals surface area contributed by atoms with Crippen molar-refractivity contribution in [2.24, 2.45) is 28.6 Å². The van der Waals surface area contributed by atoms with Crippen LogP contribution in [0, 0.1) is 28.6 Å². The van der Waals surface area contributed by atoms with Crippen LogP contribution in [0.5, 0.6) is 5.75 Å². The first-order valence-corrected chi connectivity index (χ1v) is 12.1. The van der Waals surface area contributed by atoms with Crippen LogP contribution < -0.4 is 0 Å². The van der Waals surface area contributed by atoms with Crippen LogP contribution in [0.1, 0.15) is 76.4 Å². The largest absolute Gasteiger partial charge is 0.507 e. The minimum absolute atomic E-state index is 0.0605. The van der Waals surface area contributed by atoms with E-state index in [1.165, 1.54) is 6.92 Å². The van der Waals surface area contributed by atoms with Crippen LogP contribution in [0.15, 0.2) is 23.3 Å². The number of aliphatic hydroxyl groups is 1. The van der Waals surface area contributed by atoms with Gasteiger partial charge in [0.15, 0.2) is 23.0 Å². The number of benzene rings is 1. The third-order valence-corrected chi connectivity index (χ3v) is 8.87. The Balaban J connectivity index is 2.00. The van der Waals surface area contributed by atoms with Gasteiger partial charge < -0.3 is 10.2 Å². The number of hydrogen-bond donors (Lipinski definition) is 2. The Morgan fingerprint density at radius 3 is 2.32 bits per heavy atom. The molecule has 6 heteroatoms. The van der Waals surface area contributed by atoms with E-state index in [4.69, 9.17) is 0 Å². The molecule has 34 heavy (non-hydrogen) atoms. The van der Waals surface area contributed by atoms with Gasteiger partial charge in [0.1, 0.15) is 5.75 Å². The Kier molecular flexibility index (Phi) is 5.37. The van der Waals surface area contributed by atoms with Gasteiger partial charge in [0, 0.05) is 5.41 Å². The van der Waals surface area contributed by atoms with Crippen LogP contribution in [-0.4, -0.2) is 38.9 Å². The minimum atomic E-state index is -2.49. The second-order valence-electron chi connectivity index (χ2n) is 11.4. The highest BCUT2D eigenvalue weighted by Gasteiger charge is 2.73. The van der Waals surface area contributed by atoms with E-state index < -0.39 is 51.4 Å². The Bertz CT molecular complexity index is 1190. The van der Waals surface area contributed by atoms with Gasteiger partial charge in [-0.25, -0.2) is 0 Å². The van der Waals surface area contributed by atoms with Gasteiger partial charge in [-0.3, -0.25) is 19.2 Å². The number of aromatic hydroxyl groups is 1. The summed E-state index contributed by atoms with van der Waals surface area (Å²) in [5.74, 6) is -4.65. The van der Waals surface area contributed by atoms with Crippen LogP contribution >= 0.6 is 0 Å². The van der Waals surface area contributed by atoms with Gasteiger partial charge in [0.25, 0.3) is 0 Å². The normalized spacial score (nSPS) is 35.3. The average Bonchev–Trinajstić information content (AvgIpc) is 2.70. The highest BCUT2D eigenvalue weighted by Crippen LogP contribution is 2.64. The predicted octanol–water partition coefficient (Wildman–Crippen LogP) is 3.79. The summed E-state index contributed by atoms with van der Waals surface area (Å²) in [4.78, 5) is 54.2. The van der Waals surface area contributed by atoms with Crippen molar-refractivity contribution in [1.82, 2.24) is 0 Å². The molecule has 0 radical (unpaired) electrons. The van der Waals surface area contributed by atoms with E-state index in [1.807, 2.05) is 33.8 Å². The molecule has 1 fully saturated rings. The van der Waals surface area contributed by atoms with Crippen molar-refractivity contribution in [3.8, 4) is 5.75 Å². The highest BCUT2D eigenvalue weighted by molar-refractivity contribution is 6.33. The molecule has 4 rings (SSSR count). The second-order valence-corrected chi connectivity index (χ2v) is 11.4. The third kappa shape index (κ3) is 2.78. The Labute approximate surface area is 200 Å². The predicted molar refractivity (Wildman–Crippen MR) is 127 cm³/mol. The van der Waals surface area contributed by atoms with Gasteiger partial charge in [-0.05, 0) is 61.5 Å². The summed E-state index contributed by atoms with van der Waals surface area (Å²) in [5, 5.41) is 22.8. The molecule has 5 atom stereocenters. The summed E-state index contributed by atoms with van der Waals surface area (Å²) in [7, 11) is 0. The molecule has 6 nitrogen and oxygen atoms in total. The smallest absolute Gasteiger partial charge is 0.206 e. The molecule has 1 unspecified atom stereocenters. The number of rotatable bonds is 3. The molecule has 3 aliphatic carbocycles. The van der Waals surface area contributed by atoms with Gasteiger partial charge in [-0.15, -0.1) is 0 Å². The van der Waals surface area contributed by atoms with Crippen molar-refractivity contribution in [2.45, 2.75) is 73.3 Å². The Morgan fingerprint density at radius 1 is 1.18 bits per heavy atom. The lowest BCUT2D eigenvalue weighted by Crippen LogP contribution is -2.73. The molecule has 0 aliphatic heterocycles. The molecule has 0 saturated heterocycles. The number of carbonyl (C=O) groups excluding carboxylic acids is 4. The molecular weight excluding hydrogens is 432 g/mol. The number of allylic oxidation sites excluding steroid dienone is 1. The summed E-state index contributed by atoms with van der Waals surface area (Å²) >= 11 is 0. The quantitative estimate of drug-likeness (QED) is 0.518. The van der Waals surface area contributed by atoms with Gasteiger partial charge in [0.2, 0.25) is 5.78 Å². The maximum Gasteiger partial charge on any atom is 0.206 e.